The van der Waals surface area contributed by atoms with Crippen molar-refractivity contribution in [1.82, 2.24) is 15.2 Å². The molecule has 1 aliphatic rings. The highest BCUT2D eigenvalue weighted by Crippen LogP contribution is 2.38. The molecule has 1 atom stereocenters. The smallest absolute Gasteiger partial charge is 0.231 e. The summed E-state index contributed by atoms with van der Waals surface area (Å²) in [6.07, 6.45) is 1.20. The van der Waals surface area contributed by atoms with Gasteiger partial charge in [-0.25, -0.2) is 4.98 Å². The van der Waals surface area contributed by atoms with E-state index in [4.69, 9.17) is 9.47 Å². The van der Waals surface area contributed by atoms with Crippen LogP contribution in [0.3, 0.4) is 0 Å². The van der Waals surface area contributed by atoms with Gasteiger partial charge in [0.25, 0.3) is 0 Å². The van der Waals surface area contributed by atoms with Gasteiger partial charge in [-0.1, -0.05) is 12.1 Å². The third-order valence-electron chi connectivity index (χ3n) is 3.77. The van der Waals surface area contributed by atoms with Crippen LogP contribution in [0, 0.1) is 0 Å². The molecule has 0 radical (unpaired) electrons. The summed E-state index contributed by atoms with van der Waals surface area (Å²) < 4.78 is 10.8. The molecule has 0 aliphatic carbocycles. The number of aromatic nitrogens is 3. The van der Waals surface area contributed by atoms with Crippen molar-refractivity contribution in [2.75, 3.05) is 6.79 Å². The van der Waals surface area contributed by atoms with Gasteiger partial charge in [0, 0.05) is 11.8 Å². The maximum atomic E-state index is 9.72. The van der Waals surface area contributed by atoms with E-state index in [1.165, 1.54) is 0 Å². The van der Waals surface area contributed by atoms with E-state index in [1.807, 2.05) is 36.5 Å². The fourth-order valence-electron chi connectivity index (χ4n) is 2.59. The number of H-pyrrole nitrogens is 1. The number of nitrogens with one attached hydrogen (secondary N) is 1. The Kier molecular flexibility index (Phi) is 3.24. The SMILES string of the molecule is CC(O)c1cccc(-c2n[nH]cc2-c2ccc3c(c2)OCO3)n1. The molecule has 23 heavy (non-hydrogen) atoms. The molecule has 116 valence electrons. The molecule has 6 nitrogen and oxygen atoms in total. The average molecular weight is 309 g/mol. The van der Waals surface area contributed by atoms with E-state index in [-0.39, 0.29) is 6.79 Å². The van der Waals surface area contributed by atoms with Gasteiger partial charge < -0.3 is 14.6 Å². The zero-order chi connectivity index (χ0) is 15.8. The van der Waals surface area contributed by atoms with Gasteiger partial charge in [-0.2, -0.15) is 5.10 Å². The third kappa shape index (κ3) is 2.43. The van der Waals surface area contributed by atoms with E-state index in [1.54, 1.807) is 13.0 Å². The quantitative estimate of drug-likeness (QED) is 0.777. The minimum absolute atomic E-state index is 0.245. The van der Waals surface area contributed by atoms with Gasteiger partial charge in [0.15, 0.2) is 11.5 Å². The highest BCUT2D eigenvalue weighted by molar-refractivity contribution is 5.80. The molecule has 3 aromatic rings. The maximum Gasteiger partial charge on any atom is 0.231 e. The van der Waals surface area contributed by atoms with E-state index in [2.05, 4.69) is 15.2 Å². The molecule has 1 aromatic carbocycles. The Bertz CT molecular complexity index is 858. The second kappa shape index (κ2) is 5.40. The van der Waals surface area contributed by atoms with Crippen LogP contribution in [0.2, 0.25) is 0 Å². The molecule has 0 saturated heterocycles. The first kappa shape index (κ1) is 13.8. The predicted molar refractivity (Wildman–Crippen MR) is 84.0 cm³/mol. The minimum atomic E-state index is -0.622. The number of ether oxygens (including phenoxy) is 2. The standard InChI is InChI=1S/C17H15N3O3/c1-10(21)13-3-2-4-14(19-13)17-12(8-18-20-17)11-5-6-15-16(7-11)23-9-22-15/h2-8,10,21H,9H2,1H3,(H,18,20). The lowest BCUT2D eigenvalue weighted by molar-refractivity contribution is 0.174. The number of rotatable bonds is 3. The molecule has 2 aromatic heterocycles. The first-order valence-electron chi connectivity index (χ1n) is 7.31. The van der Waals surface area contributed by atoms with Crippen molar-refractivity contribution < 1.29 is 14.6 Å². The van der Waals surface area contributed by atoms with Crippen molar-refractivity contribution in [3.63, 3.8) is 0 Å². The summed E-state index contributed by atoms with van der Waals surface area (Å²) in [7, 11) is 0. The van der Waals surface area contributed by atoms with Crippen molar-refractivity contribution >= 4 is 0 Å². The lowest BCUT2D eigenvalue weighted by Gasteiger charge is -2.07. The number of hydrogen-bond acceptors (Lipinski definition) is 5. The zero-order valence-corrected chi connectivity index (χ0v) is 12.5. The summed E-state index contributed by atoms with van der Waals surface area (Å²) in [5.41, 5.74) is 3.92. The van der Waals surface area contributed by atoms with Crippen LogP contribution in [-0.2, 0) is 0 Å². The van der Waals surface area contributed by atoms with Crippen LogP contribution in [-0.4, -0.2) is 27.1 Å². The molecule has 1 unspecified atom stereocenters. The summed E-state index contributed by atoms with van der Waals surface area (Å²) in [6, 6.07) is 11.3. The van der Waals surface area contributed by atoms with Crippen LogP contribution in [0.25, 0.3) is 22.5 Å². The first-order chi connectivity index (χ1) is 11.2. The van der Waals surface area contributed by atoms with Gasteiger partial charge in [-0.3, -0.25) is 5.10 Å². The van der Waals surface area contributed by atoms with Gasteiger partial charge >= 0.3 is 0 Å². The van der Waals surface area contributed by atoms with Crippen molar-refractivity contribution in [1.29, 1.82) is 0 Å². The summed E-state index contributed by atoms with van der Waals surface area (Å²) in [4.78, 5) is 4.48. The Morgan fingerprint density at radius 3 is 2.91 bits per heavy atom. The van der Waals surface area contributed by atoms with E-state index in [0.29, 0.717) is 11.4 Å². The number of pyridine rings is 1. The van der Waals surface area contributed by atoms with E-state index in [9.17, 15) is 5.11 Å². The number of fused-ring (bicyclic) bond motifs is 1. The minimum Gasteiger partial charge on any atom is -0.454 e. The molecule has 0 bridgehead atoms. The lowest BCUT2D eigenvalue weighted by Crippen LogP contribution is -1.97. The monoisotopic (exact) mass is 309 g/mol. The van der Waals surface area contributed by atoms with Crippen LogP contribution in [0.4, 0.5) is 0 Å². The highest BCUT2D eigenvalue weighted by atomic mass is 16.7. The molecule has 0 spiro atoms. The van der Waals surface area contributed by atoms with Crippen molar-refractivity contribution in [3.8, 4) is 34.0 Å². The maximum absolute atomic E-state index is 9.72. The van der Waals surface area contributed by atoms with Gasteiger partial charge in [0.05, 0.1) is 17.5 Å². The predicted octanol–water partition coefficient (Wildman–Crippen LogP) is 2.92. The van der Waals surface area contributed by atoms with E-state index in [0.717, 1.165) is 28.3 Å². The summed E-state index contributed by atoms with van der Waals surface area (Å²) in [5, 5.41) is 16.9. The highest BCUT2D eigenvalue weighted by Gasteiger charge is 2.18. The number of aliphatic hydroxyl groups is 1. The molecule has 4 rings (SSSR count). The third-order valence-corrected chi connectivity index (χ3v) is 3.77. The number of benzene rings is 1. The largest absolute Gasteiger partial charge is 0.454 e. The van der Waals surface area contributed by atoms with Crippen LogP contribution < -0.4 is 9.47 Å². The average Bonchev–Trinajstić information content (AvgIpc) is 3.23. The van der Waals surface area contributed by atoms with Gasteiger partial charge in [0.1, 0.15) is 5.69 Å². The summed E-state index contributed by atoms with van der Waals surface area (Å²) in [6.45, 7) is 1.93. The molecule has 0 saturated carbocycles. The van der Waals surface area contributed by atoms with Crippen molar-refractivity contribution in [3.05, 3.63) is 48.3 Å². The van der Waals surface area contributed by atoms with Gasteiger partial charge in [-0.05, 0) is 36.8 Å². The number of aliphatic hydroxyl groups excluding tert-OH is 1. The number of nitrogens with zero attached hydrogens (tertiary/aromatic N) is 2. The van der Waals surface area contributed by atoms with Crippen LogP contribution in [0.5, 0.6) is 11.5 Å². The Hall–Kier alpha value is -2.86. The number of aromatic amines is 1. The second-order valence-electron chi connectivity index (χ2n) is 5.34. The van der Waals surface area contributed by atoms with Crippen LogP contribution in [0.1, 0.15) is 18.7 Å². The molecular weight excluding hydrogens is 294 g/mol. The summed E-state index contributed by atoms with van der Waals surface area (Å²) in [5.74, 6) is 1.47. The lowest BCUT2D eigenvalue weighted by atomic mass is 10.0. The summed E-state index contributed by atoms with van der Waals surface area (Å²) >= 11 is 0. The molecule has 0 amide bonds. The Morgan fingerprint density at radius 2 is 2.04 bits per heavy atom. The second-order valence-corrected chi connectivity index (χ2v) is 5.34. The van der Waals surface area contributed by atoms with E-state index >= 15 is 0 Å². The molecular formula is C17H15N3O3. The fourth-order valence-corrected chi connectivity index (χ4v) is 2.59. The first-order valence-corrected chi connectivity index (χ1v) is 7.31. The Balaban J connectivity index is 1.78. The van der Waals surface area contributed by atoms with Crippen molar-refractivity contribution in [2.24, 2.45) is 0 Å². The molecule has 3 heterocycles. The van der Waals surface area contributed by atoms with Gasteiger partial charge in [0.2, 0.25) is 6.79 Å². The number of hydrogen-bond donors (Lipinski definition) is 2. The topological polar surface area (TPSA) is 80.3 Å². The Labute approximate surface area is 132 Å². The Morgan fingerprint density at radius 1 is 1.17 bits per heavy atom. The van der Waals surface area contributed by atoms with Gasteiger partial charge in [-0.15, -0.1) is 0 Å². The molecule has 2 N–H and O–H groups in total. The van der Waals surface area contributed by atoms with E-state index < -0.39 is 6.10 Å². The van der Waals surface area contributed by atoms with Crippen molar-refractivity contribution in [2.45, 2.75) is 13.0 Å². The molecule has 0 fully saturated rings. The zero-order valence-electron chi connectivity index (χ0n) is 12.5. The molecule has 1 aliphatic heterocycles. The normalized spacial score (nSPS) is 14.0. The fraction of sp³-hybridized carbons (Fsp3) is 0.176. The van der Waals surface area contributed by atoms with Crippen LogP contribution >= 0.6 is 0 Å². The molecule has 6 heteroatoms. The van der Waals surface area contributed by atoms with Crippen LogP contribution in [0.15, 0.2) is 42.6 Å².